The molecule has 5 heteroatoms. The van der Waals surface area contributed by atoms with Crippen molar-refractivity contribution < 1.29 is 10.0 Å². The lowest BCUT2D eigenvalue weighted by atomic mass is 9.90. The van der Waals surface area contributed by atoms with Crippen molar-refractivity contribution in [2.24, 2.45) is 0 Å². The number of benzene rings is 2. The Labute approximate surface area is 159 Å². The molecule has 0 fully saturated rings. The highest BCUT2D eigenvalue weighted by molar-refractivity contribution is 5.86. The highest BCUT2D eigenvalue weighted by atomic mass is 16.5. The number of hydrogen-bond donors (Lipinski definition) is 2. The topological polar surface area (TPSA) is 65.5 Å². The van der Waals surface area contributed by atoms with Crippen molar-refractivity contribution in [1.82, 2.24) is 10.5 Å². The Kier molecular flexibility index (Phi) is 6.18. The van der Waals surface area contributed by atoms with E-state index in [1.54, 1.807) is 11.7 Å². The maximum atomic E-state index is 12.3. The van der Waals surface area contributed by atoms with E-state index >= 15 is 0 Å². The molecule has 1 unspecified atom stereocenters. The van der Waals surface area contributed by atoms with Gasteiger partial charge in [-0.05, 0) is 35.4 Å². The molecule has 2 aromatic carbocycles. The Balaban J connectivity index is 1.81. The first kappa shape index (κ1) is 18.6. The van der Waals surface area contributed by atoms with Crippen LogP contribution in [-0.4, -0.2) is 29.7 Å². The predicted molar refractivity (Wildman–Crippen MR) is 106 cm³/mol. The molecule has 0 aliphatic carbocycles. The molecular weight excluding hydrogens is 338 g/mol. The van der Waals surface area contributed by atoms with Crippen molar-refractivity contribution in [3.63, 3.8) is 0 Å². The van der Waals surface area contributed by atoms with Crippen molar-refractivity contribution in [3.05, 3.63) is 95.8 Å². The molecule has 5 nitrogen and oxygen atoms in total. The lowest BCUT2D eigenvalue weighted by molar-refractivity contribution is -0.129. The van der Waals surface area contributed by atoms with E-state index in [9.17, 15) is 10.0 Å². The fraction of sp³-hybridized carbons (Fsp3) is 0.182. The van der Waals surface area contributed by atoms with Crippen molar-refractivity contribution in [1.29, 1.82) is 0 Å². The Morgan fingerprint density at radius 2 is 1.78 bits per heavy atom. The van der Waals surface area contributed by atoms with Crippen LogP contribution in [0.25, 0.3) is 0 Å². The zero-order chi connectivity index (χ0) is 19.1. The van der Waals surface area contributed by atoms with Gasteiger partial charge in [-0.1, -0.05) is 48.5 Å². The summed E-state index contributed by atoms with van der Waals surface area (Å²) in [7, 11) is 2.02. The third-order valence-corrected chi connectivity index (χ3v) is 4.58. The summed E-state index contributed by atoms with van der Waals surface area (Å²) in [5, 5.41) is 9.20. The van der Waals surface area contributed by atoms with Gasteiger partial charge in [0, 0.05) is 37.6 Å². The van der Waals surface area contributed by atoms with Crippen LogP contribution in [0.4, 0.5) is 5.69 Å². The summed E-state index contributed by atoms with van der Waals surface area (Å²) in [4.78, 5) is 18.8. The fourth-order valence-corrected chi connectivity index (χ4v) is 3.10. The van der Waals surface area contributed by atoms with Gasteiger partial charge in [-0.15, -0.1) is 0 Å². The molecule has 1 heterocycles. The van der Waals surface area contributed by atoms with Crippen molar-refractivity contribution >= 4 is 11.6 Å². The van der Waals surface area contributed by atoms with Crippen LogP contribution >= 0.6 is 0 Å². The van der Waals surface area contributed by atoms with Crippen molar-refractivity contribution in [2.75, 3.05) is 18.5 Å². The van der Waals surface area contributed by atoms with Gasteiger partial charge in [0.15, 0.2) is 0 Å². The zero-order valence-electron chi connectivity index (χ0n) is 15.2. The smallest absolute Gasteiger partial charge is 0.255 e. The summed E-state index contributed by atoms with van der Waals surface area (Å²) in [6, 6.07) is 23.2. The first-order valence-corrected chi connectivity index (χ1v) is 8.89. The number of pyridine rings is 1. The lowest BCUT2D eigenvalue weighted by Gasteiger charge is -2.22. The minimum Gasteiger partial charge on any atom is -0.374 e. The number of rotatable bonds is 7. The molecule has 0 saturated heterocycles. The quantitative estimate of drug-likeness (QED) is 0.500. The molecule has 27 heavy (non-hydrogen) atoms. The number of nitrogens with one attached hydrogen (secondary N) is 1. The van der Waals surface area contributed by atoms with E-state index in [1.165, 1.54) is 0 Å². The van der Waals surface area contributed by atoms with Gasteiger partial charge >= 0.3 is 0 Å². The maximum absolute atomic E-state index is 12.3. The molecule has 0 spiro atoms. The number of amides is 1. The number of hydroxylamine groups is 1. The first-order chi connectivity index (χ1) is 13.2. The van der Waals surface area contributed by atoms with Gasteiger partial charge in [0.2, 0.25) is 0 Å². The average molecular weight is 361 g/mol. The number of carbonyl (C=O) groups is 1. The number of carbonyl (C=O) groups excluding carboxylic acids is 1. The van der Waals surface area contributed by atoms with Gasteiger partial charge in [-0.3, -0.25) is 15.0 Å². The Bertz CT molecular complexity index is 869. The Hall–Kier alpha value is -3.18. The van der Waals surface area contributed by atoms with Crippen molar-refractivity contribution in [2.45, 2.75) is 12.3 Å². The molecule has 1 amide bonds. The van der Waals surface area contributed by atoms with Gasteiger partial charge in [-0.2, -0.15) is 0 Å². The van der Waals surface area contributed by atoms with E-state index < -0.39 is 11.8 Å². The van der Waals surface area contributed by atoms with Gasteiger partial charge in [0.1, 0.15) is 0 Å². The SMILES string of the molecule is CN(CCc1ccccn1)c1cccc(C(C(=O)NO)c2ccccc2)c1. The van der Waals surface area contributed by atoms with Crippen LogP contribution in [0.5, 0.6) is 0 Å². The molecule has 3 rings (SSSR count). The van der Waals surface area contributed by atoms with Gasteiger partial charge in [-0.25, -0.2) is 5.48 Å². The zero-order valence-corrected chi connectivity index (χ0v) is 15.2. The third kappa shape index (κ3) is 4.71. The van der Waals surface area contributed by atoms with E-state index in [2.05, 4.69) is 9.88 Å². The third-order valence-electron chi connectivity index (χ3n) is 4.58. The van der Waals surface area contributed by atoms with E-state index in [0.717, 1.165) is 35.5 Å². The summed E-state index contributed by atoms with van der Waals surface area (Å²) in [5.41, 5.74) is 5.51. The second-order valence-electron chi connectivity index (χ2n) is 6.41. The monoisotopic (exact) mass is 361 g/mol. The number of anilines is 1. The highest BCUT2D eigenvalue weighted by Gasteiger charge is 2.22. The number of hydrogen-bond acceptors (Lipinski definition) is 4. The Morgan fingerprint density at radius 1 is 1.04 bits per heavy atom. The van der Waals surface area contributed by atoms with E-state index in [4.69, 9.17) is 0 Å². The predicted octanol–water partition coefficient (Wildman–Crippen LogP) is 3.40. The average Bonchev–Trinajstić information content (AvgIpc) is 2.74. The van der Waals surface area contributed by atoms with Crippen molar-refractivity contribution in [3.8, 4) is 0 Å². The van der Waals surface area contributed by atoms with Crippen LogP contribution in [0.3, 0.4) is 0 Å². The lowest BCUT2D eigenvalue weighted by Crippen LogP contribution is -2.27. The largest absolute Gasteiger partial charge is 0.374 e. The summed E-state index contributed by atoms with van der Waals surface area (Å²) in [6.45, 7) is 0.808. The molecule has 0 saturated carbocycles. The van der Waals surface area contributed by atoms with Crippen LogP contribution in [0.2, 0.25) is 0 Å². The normalized spacial score (nSPS) is 11.6. The second-order valence-corrected chi connectivity index (χ2v) is 6.41. The van der Waals surface area contributed by atoms with Crippen LogP contribution < -0.4 is 10.4 Å². The molecule has 3 aromatic rings. The molecule has 138 valence electrons. The van der Waals surface area contributed by atoms with Crippen LogP contribution in [0.1, 0.15) is 22.7 Å². The van der Waals surface area contributed by atoms with E-state index in [1.807, 2.05) is 79.8 Å². The number of aromatic nitrogens is 1. The summed E-state index contributed by atoms with van der Waals surface area (Å²) >= 11 is 0. The van der Waals surface area contributed by atoms with Gasteiger partial charge in [0.25, 0.3) is 5.91 Å². The van der Waals surface area contributed by atoms with Gasteiger partial charge < -0.3 is 4.90 Å². The molecule has 0 aliphatic heterocycles. The van der Waals surface area contributed by atoms with Crippen LogP contribution in [0.15, 0.2) is 79.0 Å². The second kappa shape index (κ2) is 8.96. The molecule has 0 aliphatic rings. The molecule has 1 atom stereocenters. The van der Waals surface area contributed by atoms with E-state index in [0.29, 0.717) is 0 Å². The first-order valence-electron chi connectivity index (χ1n) is 8.89. The Morgan fingerprint density at radius 3 is 2.48 bits per heavy atom. The van der Waals surface area contributed by atoms with Crippen LogP contribution in [-0.2, 0) is 11.2 Å². The molecular formula is C22H23N3O2. The molecule has 1 aromatic heterocycles. The van der Waals surface area contributed by atoms with E-state index in [-0.39, 0.29) is 0 Å². The summed E-state index contributed by atoms with van der Waals surface area (Å²) in [6.07, 6.45) is 2.63. The van der Waals surface area contributed by atoms with Crippen LogP contribution in [0, 0.1) is 0 Å². The standard InChI is InChI=1S/C22H23N3O2/c1-25(15-13-19-11-5-6-14-23-19)20-12-7-10-18(16-20)21(22(26)24-27)17-8-3-2-4-9-17/h2-12,14,16,21,27H,13,15H2,1H3,(H,24,26). The number of nitrogens with zero attached hydrogens (tertiary/aromatic N) is 2. The fourth-order valence-electron chi connectivity index (χ4n) is 3.10. The molecule has 2 N–H and O–H groups in total. The minimum atomic E-state index is -0.569. The number of likely N-dealkylation sites (N-methyl/N-ethyl adjacent to an activating group) is 1. The highest BCUT2D eigenvalue weighted by Crippen LogP contribution is 2.28. The molecule has 0 bridgehead atoms. The summed E-state index contributed by atoms with van der Waals surface area (Å²) in [5.74, 6) is -1.02. The minimum absolute atomic E-state index is 0.450. The maximum Gasteiger partial charge on any atom is 0.255 e. The summed E-state index contributed by atoms with van der Waals surface area (Å²) < 4.78 is 0. The molecule has 0 radical (unpaired) electrons. The van der Waals surface area contributed by atoms with Gasteiger partial charge in [0.05, 0.1) is 5.92 Å².